The maximum Gasteiger partial charge on any atom is 0.191 e. The average Bonchev–Trinajstić information content (AvgIpc) is 3.07. The first kappa shape index (κ1) is 20.6. The molecule has 0 aliphatic carbocycles. The van der Waals surface area contributed by atoms with Crippen LogP contribution in [0.1, 0.15) is 16.5 Å². The molecule has 0 amide bonds. The van der Waals surface area contributed by atoms with Crippen LogP contribution >= 0.6 is 35.3 Å². The summed E-state index contributed by atoms with van der Waals surface area (Å²) >= 11 is 1.58. The average molecular weight is 485 g/mol. The normalized spacial score (nSPS) is 12.5. The number of halogens is 2. The Morgan fingerprint density at radius 1 is 1.15 bits per heavy atom. The van der Waals surface area contributed by atoms with Gasteiger partial charge in [0.15, 0.2) is 5.96 Å². The molecular weight excluding hydrogens is 464 g/mol. The molecule has 0 bridgehead atoms. The SMILES string of the molecule is CN=C(NCc1ccccc1F)NCC(O)c1cc2ccccc2s1.I. The van der Waals surface area contributed by atoms with Crippen LogP contribution in [-0.4, -0.2) is 24.7 Å². The third-order valence-electron chi connectivity index (χ3n) is 3.86. The van der Waals surface area contributed by atoms with Gasteiger partial charge in [-0.2, -0.15) is 0 Å². The summed E-state index contributed by atoms with van der Waals surface area (Å²) in [5.41, 5.74) is 0.565. The maximum absolute atomic E-state index is 13.6. The molecule has 0 aliphatic rings. The molecule has 0 saturated heterocycles. The monoisotopic (exact) mass is 485 g/mol. The number of nitrogens with one attached hydrogen (secondary N) is 2. The largest absolute Gasteiger partial charge is 0.386 e. The highest BCUT2D eigenvalue weighted by atomic mass is 127. The van der Waals surface area contributed by atoms with Crippen LogP contribution in [0.25, 0.3) is 10.1 Å². The number of hydrogen-bond acceptors (Lipinski definition) is 3. The van der Waals surface area contributed by atoms with Crippen molar-refractivity contribution in [1.29, 1.82) is 0 Å². The van der Waals surface area contributed by atoms with Crippen LogP contribution < -0.4 is 10.6 Å². The summed E-state index contributed by atoms with van der Waals surface area (Å²) in [6.45, 7) is 0.648. The Kier molecular flexibility index (Phi) is 7.80. The van der Waals surface area contributed by atoms with Gasteiger partial charge in [0.05, 0.1) is 0 Å². The number of rotatable bonds is 5. The van der Waals surface area contributed by atoms with E-state index in [1.54, 1.807) is 36.6 Å². The van der Waals surface area contributed by atoms with E-state index in [2.05, 4.69) is 15.6 Å². The first-order chi connectivity index (χ1) is 12.2. The van der Waals surface area contributed by atoms with E-state index in [4.69, 9.17) is 0 Å². The van der Waals surface area contributed by atoms with Crippen molar-refractivity contribution in [3.63, 3.8) is 0 Å². The van der Waals surface area contributed by atoms with Crippen molar-refractivity contribution >= 4 is 51.4 Å². The molecular formula is C19H21FIN3OS. The Morgan fingerprint density at radius 2 is 1.88 bits per heavy atom. The topological polar surface area (TPSA) is 56.7 Å². The van der Waals surface area contributed by atoms with Crippen molar-refractivity contribution in [2.45, 2.75) is 12.6 Å². The van der Waals surface area contributed by atoms with Gasteiger partial charge < -0.3 is 15.7 Å². The number of fused-ring (bicyclic) bond motifs is 1. The lowest BCUT2D eigenvalue weighted by atomic mass is 10.2. The Bertz CT molecular complexity index is 851. The fourth-order valence-corrected chi connectivity index (χ4v) is 3.55. The molecule has 0 spiro atoms. The first-order valence-electron chi connectivity index (χ1n) is 8.02. The number of aliphatic hydroxyl groups is 1. The quantitative estimate of drug-likeness (QED) is 0.290. The zero-order chi connectivity index (χ0) is 17.6. The number of nitrogens with zero attached hydrogens (tertiary/aromatic N) is 1. The highest BCUT2D eigenvalue weighted by Gasteiger charge is 2.12. The highest BCUT2D eigenvalue weighted by molar-refractivity contribution is 14.0. The molecule has 138 valence electrons. The lowest BCUT2D eigenvalue weighted by molar-refractivity contribution is 0.184. The standard InChI is InChI=1S/C19H20FN3OS.HI/c1-21-19(22-11-14-7-2-4-8-15(14)20)23-12-16(24)18-10-13-6-3-5-9-17(13)25-18;/h2-10,16,24H,11-12H2,1H3,(H2,21,22,23);1H. The lowest BCUT2D eigenvalue weighted by Gasteiger charge is -2.15. The van der Waals surface area contributed by atoms with Gasteiger partial charge >= 0.3 is 0 Å². The number of thiophene rings is 1. The summed E-state index contributed by atoms with van der Waals surface area (Å²) in [5, 5.41) is 17.7. The second-order valence-electron chi connectivity index (χ2n) is 5.60. The molecule has 26 heavy (non-hydrogen) atoms. The van der Waals surface area contributed by atoms with Crippen molar-refractivity contribution in [3.05, 3.63) is 70.9 Å². The first-order valence-corrected chi connectivity index (χ1v) is 8.83. The van der Waals surface area contributed by atoms with Crippen LogP contribution in [0, 0.1) is 5.82 Å². The van der Waals surface area contributed by atoms with E-state index in [0.29, 0.717) is 24.6 Å². The molecule has 7 heteroatoms. The Labute approximate surface area is 173 Å². The second kappa shape index (κ2) is 9.84. The molecule has 3 aromatic rings. The molecule has 1 atom stereocenters. The van der Waals surface area contributed by atoms with E-state index in [1.165, 1.54) is 6.07 Å². The molecule has 0 saturated carbocycles. The molecule has 3 rings (SSSR count). The Balaban J connectivity index is 0.00000243. The predicted octanol–water partition coefficient (Wildman–Crippen LogP) is 4.06. The van der Waals surface area contributed by atoms with Gasteiger partial charge in [-0.15, -0.1) is 35.3 Å². The fraction of sp³-hybridized carbons (Fsp3) is 0.211. The van der Waals surface area contributed by atoms with Gasteiger partial charge in [0, 0.05) is 35.3 Å². The van der Waals surface area contributed by atoms with Gasteiger partial charge in [-0.3, -0.25) is 4.99 Å². The lowest BCUT2D eigenvalue weighted by Crippen LogP contribution is -2.39. The minimum atomic E-state index is -0.635. The number of aliphatic imine (C=N–C) groups is 1. The van der Waals surface area contributed by atoms with E-state index in [0.717, 1.165) is 15.0 Å². The zero-order valence-corrected chi connectivity index (χ0v) is 17.4. The fourth-order valence-electron chi connectivity index (χ4n) is 2.50. The van der Waals surface area contributed by atoms with E-state index in [9.17, 15) is 9.50 Å². The molecule has 0 radical (unpaired) electrons. The molecule has 3 N–H and O–H groups in total. The minimum absolute atomic E-state index is 0. The van der Waals surface area contributed by atoms with Crippen molar-refractivity contribution < 1.29 is 9.50 Å². The van der Waals surface area contributed by atoms with Crippen LogP contribution in [0.2, 0.25) is 0 Å². The van der Waals surface area contributed by atoms with Gasteiger partial charge in [0.1, 0.15) is 11.9 Å². The number of aliphatic hydroxyl groups excluding tert-OH is 1. The van der Waals surface area contributed by atoms with Crippen molar-refractivity contribution in [2.75, 3.05) is 13.6 Å². The maximum atomic E-state index is 13.6. The molecule has 1 heterocycles. The van der Waals surface area contributed by atoms with Crippen LogP contribution in [-0.2, 0) is 6.54 Å². The minimum Gasteiger partial charge on any atom is -0.386 e. The zero-order valence-electron chi connectivity index (χ0n) is 14.3. The third-order valence-corrected chi connectivity index (χ3v) is 5.08. The third kappa shape index (κ3) is 5.15. The van der Waals surface area contributed by atoms with Gasteiger partial charge in [0.2, 0.25) is 0 Å². The molecule has 1 unspecified atom stereocenters. The van der Waals surface area contributed by atoms with Gasteiger partial charge in [-0.1, -0.05) is 36.4 Å². The second-order valence-corrected chi connectivity index (χ2v) is 6.72. The highest BCUT2D eigenvalue weighted by Crippen LogP contribution is 2.29. The van der Waals surface area contributed by atoms with E-state index < -0.39 is 6.10 Å². The molecule has 0 aliphatic heterocycles. The smallest absolute Gasteiger partial charge is 0.191 e. The summed E-state index contributed by atoms with van der Waals surface area (Å²) < 4.78 is 14.8. The number of hydrogen-bond donors (Lipinski definition) is 3. The van der Waals surface area contributed by atoms with Crippen molar-refractivity contribution in [1.82, 2.24) is 10.6 Å². The van der Waals surface area contributed by atoms with Gasteiger partial charge in [0.25, 0.3) is 0 Å². The molecule has 2 aromatic carbocycles. The predicted molar refractivity (Wildman–Crippen MR) is 117 cm³/mol. The summed E-state index contributed by atoms with van der Waals surface area (Å²) in [5.74, 6) is 0.263. The van der Waals surface area contributed by atoms with Crippen LogP contribution in [0.15, 0.2) is 59.6 Å². The summed E-state index contributed by atoms with van der Waals surface area (Å²) in [7, 11) is 1.64. The van der Waals surface area contributed by atoms with Crippen LogP contribution in [0.5, 0.6) is 0 Å². The van der Waals surface area contributed by atoms with E-state index >= 15 is 0 Å². The number of guanidine groups is 1. The summed E-state index contributed by atoms with van der Waals surface area (Å²) in [4.78, 5) is 5.01. The van der Waals surface area contributed by atoms with Gasteiger partial charge in [-0.25, -0.2) is 4.39 Å². The Morgan fingerprint density at radius 3 is 2.62 bits per heavy atom. The summed E-state index contributed by atoms with van der Waals surface area (Å²) in [6, 6.07) is 16.7. The molecule has 4 nitrogen and oxygen atoms in total. The van der Waals surface area contributed by atoms with E-state index in [-0.39, 0.29) is 29.8 Å². The van der Waals surface area contributed by atoms with Crippen molar-refractivity contribution in [3.8, 4) is 0 Å². The van der Waals surface area contributed by atoms with Gasteiger partial charge in [-0.05, 0) is 23.6 Å². The van der Waals surface area contributed by atoms with Crippen LogP contribution in [0.3, 0.4) is 0 Å². The molecule has 0 fully saturated rings. The van der Waals surface area contributed by atoms with Crippen molar-refractivity contribution in [2.24, 2.45) is 4.99 Å². The summed E-state index contributed by atoms with van der Waals surface area (Å²) in [6.07, 6.45) is -0.635. The molecule has 1 aromatic heterocycles. The van der Waals surface area contributed by atoms with E-state index in [1.807, 2.05) is 30.3 Å². The number of benzene rings is 2. The van der Waals surface area contributed by atoms with Crippen LogP contribution in [0.4, 0.5) is 4.39 Å². The Hall–Kier alpha value is -1.71.